The van der Waals surface area contributed by atoms with Gasteiger partial charge in [-0.15, -0.1) is 0 Å². The van der Waals surface area contributed by atoms with Crippen LogP contribution in [0.5, 0.6) is 0 Å². The summed E-state index contributed by atoms with van der Waals surface area (Å²) < 4.78 is 0.770. The quantitative estimate of drug-likeness (QED) is 0.645. The Morgan fingerprint density at radius 2 is 1.92 bits per heavy atom. The third-order valence-corrected chi connectivity index (χ3v) is 4.70. The number of benzene rings is 2. The zero-order chi connectivity index (χ0) is 18.7. The van der Waals surface area contributed by atoms with Crippen LogP contribution in [0.3, 0.4) is 0 Å². The summed E-state index contributed by atoms with van der Waals surface area (Å²) in [5.41, 5.74) is 2.40. The van der Waals surface area contributed by atoms with Gasteiger partial charge in [0.15, 0.2) is 0 Å². The maximum absolute atomic E-state index is 12.4. The van der Waals surface area contributed by atoms with Gasteiger partial charge in [-0.1, -0.05) is 23.7 Å². The van der Waals surface area contributed by atoms with Crippen LogP contribution in [0.25, 0.3) is 10.9 Å². The zero-order valence-corrected chi connectivity index (χ0v) is 16.2. The van der Waals surface area contributed by atoms with Gasteiger partial charge >= 0.3 is 0 Å². The van der Waals surface area contributed by atoms with Crippen molar-refractivity contribution in [3.05, 3.63) is 69.3 Å². The number of aromatic nitrogens is 1. The van der Waals surface area contributed by atoms with Gasteiger partial charge in [0, 0.05) is 14.9 Å². The number of halogens is 2. The van der Waals surface area contributed by atoms with E-state index in [0.29, 0.717) is 22.0 Å². The van der Waals surface area contributed by atoms with Crippen molar-refractivity contribution in [2.75, 3.05) is 11.9 Å². The fourth-order valence-electron chi connectivity index (χ4n) is 2.49. The number of fused-ring (bicyclic) bond motifs is 1. The van der Waals surface area contributed by atoms with Crippen molar-refractivity contribution < 1.29 is 9.59 Å². The number of carbonyl (C=O) groups is 2. The van der Waals surface area contributed by atoms with Crippen LogP contribution in [0.1, 0.15) is 16.1 Å². The third kappa shape index (κ3) is 4.20. The fourth-order valence-corrected chi connectivity index (χ4v) is 3.05. The summed E-state index contributed by atoms with van der Waals surface area (Å²) in [5, 5.41) is 6.70. The van der Waals surface area contributed by atoms with Crippen LogP contribution in [0, 0.1) is 6.92 Å². The summed E-state index contributed by atoms with van der Waals surface area (Å²) in [6.07, 6.45) is 0. The summed E-state index contributed by atoms with van der Waals surface area (Å²) >= 11 is 9.36. The van der Waals surface area contributed by atoms with E-state index < -0.39 is 0 Å². The second-order valence-electron chi connectivity index (χ2n) is 5.67. The molecule has 132 valence electrons. The second kappa shape index (κ2) is 7.85. The molecule has 1 heterocycles. The van der Waals surface area contributed by atoms with Gasteiger partial charge in [-0.2, -0.15) is 0 Å². The Hall–Kier alpha value is -2.44. The molecule has 0 saturated heterocycles. The molecular formula is C19H15BrClN3O2. The number of nitrogens with zero attached hydrogens (tertiary/aromatic N) is 1. The van der Waals surface area contributed by atoms with Crippen LogP contribution < -0.4 is 10.6 Å². The molecule has 3 rings (SSSR count). The predicted molar refractivity (Wildman–Crippen MR) is 107 cm³/mol. The molecule has 0 saturated carbocycles. The number of hydrogen-bond donors (Lipinski definition) is 2. The van der Waals surface area contributed by atoms with Crippen LogP contribution in [0.2, 0.25) is 5.02 Å². The number of amides is 2. The largest absolute Gasteiger partial charge is 0.343 e. The van der Waals surface area contributed by atoms with Crippen LogP contribution in [0.15, 0.2) is 53.0 Å². The third-order valence-electron chi connectivity index (χ3n) is 3.77. The highest BCUT2D eigenvalue weighted by molar-refractivity contribution is 9.10. The molecule has 0 aliphatic rings. The molecule has 0 aliphatic carbocycles. The number of carbonyl (C=O) groups excluding carboxylic acids is 2. The number of anilines is 1. The van der Waals surface area contributed by atoms with Gasteiger partial charge in [0.25, 0.3) is 5.91 Å². The van der Waals surface area contributed by atoms with E-state index in [4.69, 9.17) is 11.6 Å². The zero-order valence-electron chi connectivity index (χ0n) is 13.8. The first-order valence-electron chi connectivity index (χ1n) is 7.83. The molecule has 0 radical (unpaired) electrons. The molecular weight excluding hydrogens is 418 g/mol. The lowest BCUT2D eigenvalue weighted by molar-refractivity contribution is -0.115. The topological polar surface area (TPSA) is 71.1 Å². The molecule has 3 aromatic rings. The standard InChI is InChI=1S/C19H15BrClN3O2/c1-11-14(9-12-8-13(21)6-7-16(12)23-11)19(26)22-10-18(25)24-17-5-3-2-4-15(17)20/h2-9H,10H2,1H3,(H,22,26)(H,24,25). The van der Waals surface area contributed by atoms with Crippen molar-refractivity contribution in [1.82, 2.24) is 10.3 Å². The highest BCUT2D eigenvalue weighted by Gasteiger charge is 2.13. The minimum Gasteiger partial charge on any atom is -0.343 e. The average Bonchev–Trinajstić information content (AvgIpc) is 2.61. The lowest BCUT2D eigenvalue weighted by Crippen LogP contribution is -2.33. The normalized spacial score (nSPS) is 10.6. The van der Waals surface area contributed by atoms with E-state index in [1.54, 1.807) is 37.3 Å². The van der Waals surface area contributed by atoms with Crippen molar-refractivity contribution in [3.8, 4) is 0 Å². The maximum Gasteiger partial charge on any atom is 0.253 e. The van der Waals surface area contributed by atoms with Gasteiger partial charge in [0.05, 0.1) is 29.0 Å². The Kier molecular flexibility index (Phi) is 5.54. The van der Waals surface area contributed by atoms with Gasteiger partial charge in [-0.05, 0) is 59.3 Å². The molecule has 0 fully saturated rings. The lowest BCUT2D eigenvalue weighted by Gasteiger charge is -2.10. The highest BCUT2D eigenvalue weighted by atomic mass is 79.9. The van der Waals surface area contributed by atoms with Crippen molar-refractivity contribution in [1.29, 1.82) is 0 Å². The molecule has 26 heavy (non-hydrogen) atoms. The lowest BCUT2D eigenvalue weighted by atomic mass is 10.1. The SMILES string of the molecule is Cc1nc2ccc(Cl)cc2cc1C(=O)NCC(=O)Nc1ccccc1Br. The molecule has 7 heteroatoms. The van der Waals surface area contributed by atoms with Gasteiger partial charge in [-0.3, -0.25) is 14.6 Å². The van der Waals surface area contributed by atoms with Crippen molar-refractivity contribution in [3.63, 3.8) is 0 Å². The molecule has 0 spiro atoms. The second-order valence-corrected chi connectivity index (χ2v) is 6.96. The average molecular weight is 433 g/mol. The van der Waals surface area contributed by atoms with E-state index in [1.165, 1.54) is 0 Å². The first kappa shape index (κ1) is 18.4. The summed E-state index contributed by atoms with van der Waals surface area (Å²) in [5.74, 6) is -0.682. The van der Waals surface area contributed by atoms with E-state index in [2.05, 4.69) is 31.5 Å². The van der Waals surface area contributed by atoms with E-state index in [0.717, 1.165) is 15.4 Å². The maximum atomic E-state index is 12.4. The molecule has 2 aromatic carbocycles. The number of pyridine rings is 1. The van der Waals surface area contributed by atoms with Crippen LogP contribution in [0.4, 0.5) is 5.69 Å². The van der Waals surface area contributed by atoms with Gasteiger partial charge < -0.3 is 10.6 Å². The summed E-state index contributed by atoms with van der Waals surface area (Å²) in [4.78, 5) is 28.9. The molecule has 2 N–H and O–H groups in total. The van der Waals surface area contributed by atoms with Crippen molar-refractivity contribution in [2.45, 2.75) is 6.92 Å². The van der Waals surface area contributed by atoms with Crippen LogP contribution in [-0.2, 0) is 4.79 Å². The van der Waals surface area contributed by atoms with Gasteiger partial charge in [0.1, 0.15) is 0 Å². The molecule has 0 atom stereocenters. The number of rotatable bonds is 4. The summed E-state index contributed by atoms with van der Waals surface area (Å²) in [7, 11) is 0. The van der Waals surface area contributed by atoms with Gasteiger partial charge in [-0.25, -0.2) is 0 Å². The number of para-hydroxylation sites is 1. The molecule has 1 aromatic heterocycles. The Balaban J connectivity index is 1.70. The van der Waals surface area contributed by atoms with E-state index >= 15 is 0 Å². The molecule has 0 unspecified atom stereocenters. The summed E-state index contributed by atoms with van der Waals surface area (Å²) in [6, 6.07) is 14.3. The van der Waals surface area contributed by atoms with E-state index in [9.17, 15) is 9.59 Å². The van der Waals surface area contributed by atoms with Crippen molar-refractivity contribution in [2.24, 2.45) is 0 Å². The number of nitrogens with one attached hydrogen (secondary N) is 2. The smallest absolute Gasteiger partial charge is 0.253 e. The van der Waals surface area contributed by atoms with Crippen molar-refractivity contribution >= 4 is 55.9 Å². The minimum atomic E-state index is -0.362. The van der Waals surface area contributed by atoms with Crippen LogP contribution >= 0.6 is 27.5 Å². The predicted octanol–water partition coefficient (Wildman–Crippen LogP) is 4.33. The fraction of sp³-hybridized carbons (Fsp3) is 0.105. The van der Waals surface area contributed by atoms with E-state index in [-0.39, 0.29) is 18.4 Å². The number of aryl methyl sites for hydroxylation is 1. The first-order chi connectivity index (χ1) is 12.4. The highest BCUT2D eigenvalue weighted by Crippen LogP contribution is 2.22. The molecule has 2 amide bonds. The summed E-state index contributed by atoms with van der Waals surface area (Å²) in [6.45, 7) is 1.61. The molecule has 5 nitrogen and oxygen atoms in total. The van der Waals surface area contributed by atoms with Gasteiger partial charge in [0.2, 0.25) is 5.91 Å². The Morgan fingerprint density at radius 3 is 2.69 bits per heavy atom. The molecule has 0 aliphatic heterocycles. The first-order valence-corrected chi connectivity index (χ1v) is 9.00. The Bertz CT molecular complexity index is 1010. The number of hydrogen-bond acceptors (Lipinski definition) is 3. The Labute approximate surface area is 163 Å². The van der Waals surface area contributed by atoms with E-state index in [1.807, 2.05) is 18.2 Å². The minimum absolute atomic E-state index is 0.146. The molecule has 0 bridgehead atoms. The van der Waals surface area contributed by atoms with Crippen LogP contribution in [-0.4, -0.2) is 23.3 Å². The Morgan fingerprint density at radius 1 is 1.15 bits per heavy atom. The monoisotopic (exact) mass is 431 g/mol.